The fraction of sp³-hybridized carbons (Fsp3) is 1.00. The van der Waals surface area contributed by atoms with Crippen molar-refractivity contribution < 1.29 is 0 Å². The monoisotopic (exact) mass is 253 g/mol. The van der Waals surface area contributed by atoms with Crippen LogP contribution >= 0.6 is 0 Å². The number of unbranched alkanes of at least 4 members (excludes halogenated alkanes) is 7. The molecule has 1 rings (SSSR count). The summed E-state index contributed by atoms with van der Waals surface area (Å²) in [6, 6.07) is 0.761. The molecule has 0 aromatic rings. The van der Waals surface area contributed by atoms with Crippen LogP contribution in [0.2, 0.25) is 0 Å². The van der Waals surface area contributed by atoms with Gasteiger partial charge in [0, 0.05) is 6.04 Å². The molecule has 0 aromatic carbocycles. The highest BCUT2D eigenvalue weighted by Gasteiger charge is 2.20. The Balaban J connectivity index is 1.80. The van der Waals surface area contributed by atoms with E-state index in [0.29, 0.717) is 0 Å². The Hall–Kier alpha value is -0.0400. The van der Waals surface area contributed by atoms with Gasteiger partial charge in [-0.25, -0.2) is 0 Å². The Kier molecular flexibility index (Phi) is 9.65. The summed E-state index contributed by atoms with van der Waals surface area (Å²) in [5, 5.41) is 3.74. The van der Waals surface area contributed by atoms with Gasteiger partial charge in [-0.2, -0.15) is 0 Å². The minimum atomic E-state index is 0.761. The Morgan fingerprint density at radius 1 is 0.889 bits per heavy atom. The van der Waals surface area contributed by atoms with E-state index in [1.54, 1.807) is 0 Å². The quantitative estimate of drug-likeness (QED) is 0.493. The molecule has 0 saturated heterocycles. The van der Waals surface area contributed by atoms with Gasteiger partial charge in [-0.3, -0.25) is 0 Å². The molecule has 0 aliphatic heterocycles. The second-order valence-electron chi connectivity index (χ2n) is 6.26. The van der Waals surface area contributed by atoms with Gasteiger partial charge in [0.2, 0.25) is 0 Å². The van der Waals surface area contributed by atoms with Crippen LogP contribution in [-0.2, 0) is 0 Å². The van der Waals surface area contributed by atoms with Gasteiger partial charge < -0.3 is 5.32 Å². The molecule has 0 amide bonds. The summed E-state index contributed by atoms with van der Waals surface area (Å²) in [5.41, 5.74) is 0. The van der Waals surface area contributed by atoms with Crippen LogP contribution in [0.15, 0.2) is 0 Å². The first-order valence-electron chi connectivity index (χ1n) is 8.58. The predicted octanol–water partition coefficient (Wildman–Crippen LogP) is 5.30. The van der Waals surface area contributed by atoms with Crippen molar-refractivity contribution in [3.8, 4) is 0 Å². The maximum Gasteiger partial charge on any atom is 0.00669 e. The van der Waals surface area contributed by atoms with Crippen molar-refractivity contribution in [3.63, 3.8) is 0 Å². The lowest BCUT2D eigenvalue weighted by Gasteiger charge is -2.20. The number of hydrogen-bond acceptors (Lipinski definition) is 1. The fourth-order valence-electron chi connectivity index (χ4n) is 3.21. The molecule has 0 heterocycles. The lowest BCUT2D eigenvalue weighted by Crippen LogP contribution is -2.32. The van der Waals surface area contributed by atoms with Gasteiger partial charge in [0.1, 0.15) is 0 Å². The molecular formula is C17H35N. The third kappa shape index (κ3) is 7.41. The highest BCUT2D eigenvalue weighted by Crippen LogP contribution is 2.27. The maximum absolute atomic E-state index is 3.74. The van der Waals surface area contributed by atoms with Crippen molar-refractivity contribution in [1.82, 2.24) is 5.32 Å². The van der Waals surface area contributed by atoms with Gasteiger partial charge in [0.05, 0.1) is 0 Å². The number of nitrogens with one attached hydrogen (secondary N) is 1. The minimum absolute atomic E-state index is 0.761. The largest absolute Gasteiger partial charge is 0.314 e. The van der Waals surface area contributed by atoms with Crippen molar-refractivity contribution in [2.75, 3.05) is 6.54 Å². The zero-order chi connectivity index (χ0) is 13.1. The normalized spacial score (nSPS) is 18.3. The molecule has 1 N–H and O–H groups in total. The average molecular weight is 253 g/mol. The smallest absolute Gasteiger partial charge is 0.00669 e. The molecule has 0 aromatic heterocycles. The standard InChI is InChI=1S/C17H35N/c1-3-4-5-6-7-8-9-12-15-18-16(2)17-13-10-11-14-17/h16-18H,3-15H2,1-2H3/t16-/m1/s1. The number of rotatable bonds is 11. The van der Waals surface area contributed by atoms with E-state index in [4.69, 9.17) is 0 Å². The summed E-state index contributed by atoms with van der Waals surface area (Å²) in [5.74, 6) is 0.971. The van der Waals surface area contributed by atoms with Crippen LogP contribution in [-0.4, -0.2) is 12.6 Å². The fourth-order valence-corrected chi connectivity index (χ4v) is 3.21. The molecule has 1 saturated carbocycles. The van der Waals surface area contributed by atoms with Gasteiger partial charge in [0.15, 0.2) is 0 Å². The molecule has 0 radical (unpaired) electrons. The summed E-state index contributed by atoms with van der Waals surface area (Å²) in [4.78, 5) is 0. The van der Waals surface area contributed by atoms with Crippen LogP contribution in [0, 0.1) is 5.92 Å². The highest BCUT2D eigenvalue weighted by molar-refractivity contribution is 4.76. The van der Waals surface area contributed by atoms with Crippen LogP contribution in [0.5, 0.6) is 0 Å². The molecule has 108 valence electrons. The van der Waals surface area contributed by atoms with E-state index in [9.17, 15) is 0 Å². The van der Waals surface area contributed by atoms with E-state index in [2.05, 4.69) is 19.2 Å². The third-order valence-electron chi connectivity index (χ3n) is 4.60. The number of hydrogen-bond donors (Lipinski definition) is 1. The molecular weight excluding hydrogens is 218 g/mol. The second-order valence-corrected chi connectivity index (χ2v) is 6.26. The molecule has 1 aliphatic rings. The topological polar surface area (TPSA) is 12.0 Å². The van der Waals surface area contributed by atoms with E-state index in [-0.39, 0.29) is 0 Å². The molecule has 0 spiro atoms. The van der Waals surface area contributed by atoms with Crippen molar-refractivity contribution >= 4 is 0 Å². The van der Waals surface area contributed by atoms with Crippen molar-refractivity contribution in [2.45, 2.75) is 96.9 Å². The van der Waals surface area contributed by atoms with Crippen LogP contribution in [0.1, 0.15) is 90.9 Å². The Morgan fingerprint density at radius 3 is 2.06 bits per heavy atom. The first-order valence-corrected chi connectivity index (χ1v) is 8.58. The van der Waals surface area contributed by atoms with E-state index < -0.39 is 0 Å². The van der Waals surface area contributed by atoms with Gasteiger partial charge in [0.25, 0.3) is 0 Å². The van der Waals surface area contributed by atoms with E-state index >= 15 is 0 Å². The lowest BCUT2D eigenvalue weighted by atomic mass is 9.99. The van der Waals surface area contributed by atoms with E-state index in [1.165, 1.54) is 83.6 Å². The van der Waals surface area contributed by atoms with E-state index in [0.717, 1.165) is 12.0 Å². The van der Waals surface area contributed by atoms with Crippen LogP contribution < -0.4 is 5.32 Å². The van der Waals surface area contributed by atoms with Crippen molar-refractivity contribution in [2.24, 2.45) is 5.92 Å². The van der Waals surface area contributed by atoms with Gasteiger partial charge in [-0.15, -0.1) is 0 Å². The first-order chi connectivity index (χ1) is 8.84. The second kappa shape index (κ2) is 10.8. The average Bonchev–Trinajstić information content (AvgIpc) is 2.90. The summed E-state index contributed by atoms with van der Waals surface area (Å²) in [7, 11) is 0. The Morgan fingerprint density at radius 2 is 1.44 bits per heavy atom. The van der Waals surface area contributed by atoms with Crippen LogP contribution in [0.3, 0.4) is 0 Å². The molecule has 1 nitrogen and oxygen atoms in total. The highest BCUT2D eigenvalue weighted by atomic mass is 14.9. The van der Waals surface area contributed by atoms with Crippen molar-refractivity contribution in [1.29, 1.82) is 0 Å². The molecule has 0 bridgehead atoms. The Labute approximate surface area is 115 Å². The zero-order valence-corrected chi connectivity index (χ0v) is 12.8. The molecule has 1 heteroatoms. The van der Waals surface area contributed by atoms with Gasteiger partial charge in [-0.1, -0.05) is 64.7 Å². The van der Waals surface area contributed by atoms with Gasteiger partial charge in [-0.05, 0) is 38.6 Å². The van der Waals surface area contributed by atoms with E-state index in [1.807, 2.05) is 0 Å². The summed E-state index contributed by atoms with van der Waals surface area (Å²) >= 11 is 0. The molecule has 1 fully saturated rings. The zero-order valence-electron chi connectivity index (χ0n) is 12.8. The molecule has 1 atom stereocenters. The SMILES string of the molecule is CCCCCCCCCCN[C@H](C)C1CCCC1. The van der Waals surface area contributed by atoms with Gasteiger partial charge >= 0.3 is 0 Å². The summed E-state index contributed by atoms with van der Waals surface area (Å²) in [6.07, 6.45) is 17.3. The Bertz CT molecular complexity index is 172. The molecule has 18 heavy (non-hydrogen) atoms. The maximum atomic E-state index is 3.74. The molecule has 0 unspecified atom stereocenters. The van der Waals surface area contributed by atoms with Crippen molar-refractivity contribution in [3.05, 3.63) is 0 Å². The summed E-state index contributed by atoms with van der Waals surface area (Å²) < 4.78 is 0. The van der Waals surface area contributed by atoms with Crippen LogP contribution in [0.25, 0.3) is 0 Å². The first kappa shape index (κ1) is 16.0. The lowest BCUT2D eigenvalue weighted by molar-refractivity contribution is 0.377. The summed E-state index contributed by atoms with van der Waals surface area (Å²) in [6.45, 7) is 5.92. The predicted molar refractivity (Wildman–Crippen MR) is 82.0 cm³/mol. The van der Waals surface area contributed by atoms with Crippen LogP contribution in [0.4, 0.5) is 0 Å². The third-order valence-corrected chi connectivity index (χ3v) is 4.60. The minimum Gasteiger partial charge on any atom is -0.314 e. The molecule has 1 aliphatic carbocycles.